The van der Waals surface area contributed by atoms with Gasteiger partial charge in [0.15, 0.2) is 0 Å². The fraction of sp³-hybridized carbons (Fsp3) is 0.500. The van der Waals surface area contributed by atoms with Crippen molar-refractivity contribution < 1.29 is 14.3 Å². The number of thiol groups is 1. The molecule has 0 aromatic heterocycles. The Morgan fingerprint density at radius 3 is 2.59 bits per heavy atom. The van der Waals surface area contributed by atoms with E-state index in [4.69, 9.17) is 26.1 Å². The number of fused-ring (bicyclic) bond motifs is 1. The largest absolute Gasteiger partial charge is 0.492 e. The number of benzene rings is 2. The summed E-state index contributed by atoms with van der Waals surface area (Å²) in [5.41, 5.74) is 5.19. The van der Waals surface area contributed by atoms with Crippen LogP contribution in [0.15, 0.2) is 47.5 Å². The lowest BCUT2D eigenvalue weighted by molar-refractivity contribution is 0.102. The van der Waals surface area contributed by atoms with Gasteiger partial charge in [-0.05, 0) is 61.6 Å². The molecule has 0 atom stereocenters. The van der Waals surface area contributed by atoms with Crippen LogP contribution in [-0.2, 0) is 16.6 Å². The highest BCUT2D eigenvalue weighted by Crippen LogP contribution is 2.48. The van der Waals surface area contributed by atoms with Crippen LogP contribution in [0.2, 0.25) is 5.02 Å². The quantitative estimate of drug-likeness (QED) is 0.349. The summed E-state index contributed by atoms with van der Waals surface area (Å²) in [6.07, 6.45) is 4.33. The Morgan fingerprint density at radius 2 is 1.95 bits per heavy atom. The standard InChI is InChI=1S/C21H23ClN2OS.C7H14N2O2/c22-17-5-3-16(4-6-17)21(9-1-10-21)20-19-14-18(25-13-12-24-26)7-2-15(19)8-11-23-20;1-2-11-7(10)9-5-3-8-4-6-9/h2-7,14,24,26H,1,8-13H2;8H,2-6H2,1H3. The van der Waals surface area contributed by atoms with E-state index in [1.807, 2.05) is 19.1 Å². The highest BCUT2D eigenvalue weighted by Gasteiger charge is 2.45. The number of ether oxygens (including phenoxy) is 2. The van der Waals surface area contributed by atoms with Gasteiger partial charge in [-0.25, -0.2) is 4.79 Å². The van der Waals surface area contributed by atoms with E-state index >= 15 is 0 Å². The molecule has 0 unspecified atom stereocenters. The highest BCUT2D eigenvalue weighted by atomic mass is 35.5. The number of carbonyl (C=O) groups excluding carboxylic acids is 1. The maximum atomic E-state index is 11.1. The molecule has 5 rings (SSSR count). The van der Waals surface area contributed by atoms with E-state index < -0.39 is 0 Å². The predicted octanol–water partition coefficient (Wildman–Crippen LogP) is 4.67. The van der Waals surface area contributed by atoms with Crippen LogP contribution in [0.3, 0.4) is 0 Å². The lowest BCUT2D eigenvalue weighted by Gasteiger charge is -2.45. The van der Waals surface area contributed by atoms with Gasteiger partial charge in [0.2, 0.25) is 0 Å². The van der Waals surface area contributed by atoms with Crippen LogP contribution < -0.4 is 14.8 Å². The van der Waals surface area contributed by atoms with E-state index in [1.165, 1.54) is 28.8 Å². The Kier molecular flexibility index (Phi) is 10.1. The molecule has 2 heterocycles. The summed E-state index contributed by atoms with van der Waals surface area (Å²) < 4.78 is 13.5. The summed E-state index contributed by atoms with van der Waals surface area (Å²) in [5.74, 6) is 0.896. The second-order valence-corrected chi connectivity index (χ2v) is 10.2. The predicted molar refractivity (Wildman–Crippen MR) is 152 cm³/mol. The average molecular weight is 545 g/mol. The van der Waals surface area contributed by atoms with Gasteiger partial charge in [-0.1, -0.05) is 49.0 Å². The number of aliphatic imine (C=N–C) groups is 1. The van der Waals surface area contributed by atoms with Crippen molar-refractivity contribution in [3.05, 3.63) is 64.2 Å². The van der Waals surface area contributed by atoms with E-state index in [1.54, 1.807) is 4.90 Å². The Morgan fingerprint density at radius 1 is 1.19 bits per heavy atom. The first-order valence-corrected chi connectivity index (χ1v) is 14.0. The van der Waals surface area contributed by atoms with Crippen molar-refractivity contribution in [3.8, 4) is 5.75 Å². The fourth-order valence-electron chi connectivity index (χ4n) is 5.10. The number of nitrogens with zero attached hydrogens (tertiary/aromatic N) is 2. The number of nitrogens with one attached hydrogen (secondary N) is 2. The zero-order valence-electron chi connectivity index (χ0n) is 21.5. The van der Waals surface area contributed by atoms with Gasteiger partial charge in [-0.2, -0.15) is 0 Å². The molecule has 2 N–H and O–H groups in total. The third-order valence-electron chi connectivity index (χ3n) is 7.17. The second kappa shape index (κ2) is 13.5. The molecule has 2 fully saturated rings. The smallest absolute Gasteiger partial charge is 0.409 e. The van der Waals surface area contributed by atoms with Gasteiger partial charge in [0.1, 0.15) is 12.4 Å². The number of rotatable bonds is 7. The third-order valence-corrected chi connectivity index (χ3v) is 7.65. The van der Waals surface area contributed by atoms with Crippen LogP contribution in [0.5, 0.6) is 5.75 Å². The molecule has 2 aromatic rings. The Hall–Kier alpha value is -2.26. The summed E-state index contributed by atoms with van der Waals surface area (Å²) in [4.78, 5) is 17.8. The molecule has 1 saturated carbocycles. The first-order valence-electron chi connectivity index (χ1n) is 13.1. The van der Waals surface area contributed by atoms with Crippen LogP contribution >= 0.6 is 24.4 Å². The maximum absolute atomic E-state index is 11.1. The molecule has 7 nitrogen and oxygen atoms in total. The van der Waals surface area contributed by atoms with E-state index in [9.17, 15) is 4.79 Å². The minimum absolute atomic E-state index is 0.0189. The Balaban J connectivity index is 0.000000245. The maximum Gasteiger partial charge on any atom is 0.409 e. The molecule has 200 valence electrons. The summed E-state index contributed by atoms with van der Waals surface area (Å²) >= 11 is 10.1. The fourth-order valence-corrected chi connectivity index (χ4v) is 5.32. The van der Waals surface area contributed by atoms with Crippen molar-refractivity contribution in [3.63, 3.8) is 0 Å². The molecule has 0 bridgehead atoms. The SMILES string of the molecule is CCOC(=O)N1CCNCC1.SNCCOc1ccc2c(c1)C(C1(c3ccc(Cl)cc3)CCC1)=NCC2. The topological polar surface area (TPSA) is 75.2 Å². The normalized spacial score (nSPS) is 17.9. The average Bonchev–Trinajstić information content (AvgIpc) is 2.90. The molecular formula is C28H37ClN4O3S. The number of halogens is 1. The molecule has 37 heavy (non-hydrogen) atoms. The summed E-state index contributed by atoms with van der Waals surface area (Å²) in [7, 11) is 0. The highest BCUT2D eigenvalue weighted by molar-refractivity contribution is 7.78. The molecule has 1 saturated heterocycles. The number of hydrogen-bond acceptors (Lipinski definition) is 7. The van der Waals surface area contributed by atoms with E-state index in [0.29, 0.717) is 19.8 Å². The number of piperazine rings is 1. The van der Waals surface area contributed by atoms with Crippen LogP contribution in [0.1, 0.15) is 42.9 Å². The molecule has 2 aliphatic heterocycles. The van der Waals surface area contributed by atoms with Gasteiger partial charge in [-0.15, -0.1) is 0 Å². The van der Waals surface area contributed by atoms with Crippen LogP contribution in [0.25, 0.3) is 0 Å². The molecule has 2 aromatic carbocycles. The van der Waals surface area contributed by atoms with E-state index in [-0.39, 0.29) is 11.5 Å². The molecule has 1 amide bonds. The second-order valence-electron chi connectivity index (χ2n) is 9.43. The molecule has 0 radical (unpaired) electrons. The van der Waals surface area contributed by atoms with Crippen LogP contribution in [-0.4, -0.2) is 69.2 Å². The summed E-state index contributed by atoms with van der Waals surface area (Å²) in [6, 6.07) is 14.7. The molecule has 0 spiro atoms. The molecular weight excluding hydrogens is 508 g/mol. The lowest BCUT2D eigenvalue weighted by atomic mass is 9.59. The van der Waals surface area contributed by atoms with Crippen molar-refractivity contribution in [2.24, 2.45) is 4.99 Å². The van der Waals surface area contributed by atoms with Crippen molar-refractivity contribution in [2.45, 2.75) is 38.0 Å². The van der Waals surface area contributed by atoms with Crippen molar-refractivity contribution in [1.29, 1.82) is 0 Å². The van der Waals surface area contributed by atoms with Crippen LogP contribution in [0, 0.1) is 0 Å². The molecule has 1 aliphatic carbocycles. The van der Waals surface area contributed by atoms with Gasteiger partial charge in [0, 0.05) is 55.3 Å². The summed E-state index contributed by atoms with van der Waals surface area (Å²) in [5, 5.41) is 3.94. The van der Waals surface area contributed by atoms with Crippen LogP contribution in [0.4, 0.5) is 4.79 Å². The van der Waals surface area contributed by atoms with Crippen molar-refractivity contribution >= 4 is 36.2 Å². The van der Waals surface area contributed by atoms with E-state index in [2.05, 4.69) is 53.2 Å². The van der Waals surface area contributed by atoms with E-state index in [0.717, 1.165) is 62.8 Å². The van der Waals surface area contributed by atoms with Crippen molar-refractivity contribution in [2.75, 3.05) is 52.5 Å². The monoisotopic (exact) mass is 544 g/mol. The molecule has 3 aliphatic rings. The lowest BCUT2D eigenvalue weighted by Crippen LogP contribution is -2.46. The number of amides is 1. The first-order chi connectivity index (χ1) is 18.1. The minimum Gasteiger partial charge on any atom is -0.492 e. The van der Waals surface area contributed by atoms with Gasteiger partial charge in [0.25, 0.3) is 0 Å². The first kappa shape index (κ1) is 27.8. The minimum atomic E-state index is -0.186. The number of carbonyl (C=O) groups is 1. The van der Waals surface area contributed by atoms with Gasteiger partial charge >= 0.3 is 6.09 Å². The number of hydrogen-bond donors (Lipinski definition) is 3. The Labute approximate surface area is 230 Å². The Bertz CT molecular complexity index is 1070. The zero-order chi connectivity index (χ0) is 26.1. The van der Waals surface area contributed by atoms with Gasteiger partial charge in [-0.3, -0.25) is 9.71 Å². The zero-order valence-corrected chi connectivity index (χ0v) is 23.1. The van der Waals surface area contributed by atoms with Gasteiger partial charge in [0.05, 0.1) is 12.3 Å². The summed E-state index contributed by atoms with van der Waals surface area (Å²) in [6.45, 7) is 7.71. The van der Waals surface area contributed by atoms with Gasteiger partial charge < -0.3 is 19.7 Å². The molecule has 9 heteroatoms. The van der Waals surface area contributed by atoms with Crippen molar-refractivity contribution in [1.82, 2.24) is 14.9 Å². The third kappa shape index (κ3) is 6.79.